The number of sulfonamides is 1. The highest BCUT2D eigenvalue weighted by Crippen LogP contribution is 2.20. The predicted molar refractivity (Wildman–Crippen MR) is 92.8 cm³/mol. The highest BCUT2D eigenvalue weighted by atomic mass is 32.2. The Labute approximate surface area is 153 Å². The zero-order chi connectivity index (χ0) is 19.6. The number of nitrogens with zero attached hydrogens (tertiary/aromatic N) is 1. The molecule has 0 saturated carbocycles. The Balaban J connectivity index is 1.82. The molecule has 0 spiro atoms. The Morgan fingerprint density at radius 3 is 2.52 bits per heavy atom. The minimum atomic E-state index is -4.12. The standard InChI is InChI=1S/C17H13F2N3O4S/c1-10-7-16(21-26-10)20-17(23)11-3-2-4-13(8-11)27(24,25)22-12-5-6-14(18)15(19)9-12/h2-9,22H,1H3,(H,20,21,23). The Bertz CT molecular complexity index is 1110. The summed E-state index contributed by atoms with van der Waals surface area (Å²) in [5, 5.41) is 6.09. The molecule has 2 N–H and O–H groups in total. The number of amides is 1. The number of aromatic nitrogens is 1. The van der Waals surface area contributed by atoms with E-state index in [0.717, 1.165) is 24.3 Å². The van der Waals surface area contributed by atoms with E-state index in [0.29, 0.717) is 5.76 Å². The summed E-state index contributed by atoms with van der Waals surface area (Å²) in [5.74, 6) is -2.19. The van der Waals surface area contributed by atoms with Gasteiger partial charge in [-0.05, 0) is 37.3 Å². The quantitative estimate of drug-likeness (QED) is 0.693. The largest absolute Gasteiger partial charge is 0.360 e. The maximum absolute atomic E-state index is 13.3. The number of carbonyl (C=O) groups is 1. The van der Waals surface area contributed by atoms with Crippen LogP contribution in [0.25, 0.3) is 0 Å². The molecule has 0 aliphatic carbocycles. The summed E-state index contributed by atoms with van der Waals surface area (Å²) in [6, 6.07) is 9.31. The van der Waals surface area contributed by atoms with Gasteiger partial charge in [0.25, 0.3) is 15.9 Å². The van der Waals surface area contributed by atoms with E-state index in [1.54, 1.807) is 6.92 Å². The Kier molecular flexibility index (Phi) is 4.91. The van der Waals surface area contributed by atoms with Crippen LogP contribution in [0.15, 0.2) is 57.9 Å². The first-order chi connectivity index (χ1) is 12.7. The van der Waals surface area contributed by atoms with Gasteiger partial charge in [-0.15, -0.1) is 0 Å². The normalized spacial score (nSPS) is 11.2. The lowest BCUT2D eigenvalue weighted by Crippen LogP contribution is -2.16. The van der Waals surface area contributed by atoms with Crippen molar-refractivity contribution >= 4 is 27.4 Å². The molecule has 0 aliphatic rings. The molecule has 1 heterocycles. The van der Waals surface area contributed by atoms with E-state index in [2.05, 4.69) is 15.2 Å². The lowest BCUT2D eigenvalue weighted by Gasteiger charge is -2.09. The number of rotatable bonds is 5. The summed E-state index contributed by atoms with van der Waals surface area (Å²) in [5.41, 5.74) is -0.0920. The van der Waals surface area contributed by atoms with Crippen molar-refractivity contribution in [2.75, 3.05) is 10.0 Å². The second-order valence-corrected chi connectivity index (χ2v) is 7.22. The summed E-state index contributed by atoms with van der Waals surface area (Å²) in [6.45, 7) is 1.65. The van der Waals surface area contributed by atoms with Crippen molar-refractivity contribution in [2.45, 2.75) is 11.8 Å². The van der Waals surface area contributed by atoms with Gasteiger partial charge in [-0.3, -0.25) is 9.52 Å². The molecule has 3 aromatic rings. The van der Waals surface area contributed by atoms with E-state index < -0.39 is 27.6 Å². The molecule has 27 heavy (non-hydrogen) atoms. The number of nitrogens with one attached hydrogen (secondary N) is 2. The van der Waals surface area contributed by atoms with E-state index in [4.69, 9.17) is 4.52 Å². The monoisotopic (exact) mass is 393 g/mol. The fourth-order valence-corrected chi connectivity index (χ4v) is 3.29. The maximum atomic E-state index is 13.3. The maximum Gasteiger partial charge on any atom is 0.261 e. The highest BCUT2D eigenvalue weighted by Gasteiger charge is 2.18. The van der Waals surface area contributed by atoms with E-state index >= 15 is 0 Å². The molecule has 2 aromatic carbocycles. The molecule has 7 nitrogen and oxygen atoms in total. The number of aryl methyl sites for hydroxylation is 1. The van der Waals surface area contributed by atoms with Gasteiger partial charge < -0.3 is 9.84 Å². The Morgan fingerprint density at radius 2 is 1.85 bits per heavy atom. The van der Waals surface area contributed by atoms with E-state index in [9.17, 15) is 22.0 Å². The van der Waals surface area contributed by atoms with Gasteiger partial charge >= 0.3 is 0 Å². The number of anilines is 2. The van der Waals surface area contributed by atoms with Crippen LogP contribution in [0, 0.1) is 18.6 Å². The van der Waals surface area contributed by atoms with E-state index in [1.165, 1.54) is 24.3 Å². The van der Waals surface area contributed by atoms with E-state index in [1.807, 2.05) is 0 Å². The van der Waals surface area contributed by atoms with Crippen LogP contribution in [0.1, 0.15) is 16.1 Å². The van der Waals surface area contributed by atoms with Gasteiger partial charge in [0.05, 0.1) is 10.6 Å². The molecule has 1 amide bonds. The van der Waals surface area contributed by atoms with Crippen LogP contribution >= 0.6 is 0 Å². The first kappa shape index (κ1) is 18.5. The number of hydrogen-bond donors (Lipinski definition) is 2. The third-order valence-electron chi connectivity index (χ3n) is 3.45. The second kappa shape index (κ2) is 7.16. The zero-order valence-electron chi connectivity index (χ0n) is 13.9. The van der Waals surface area contributed by atoms with E-state index in [-0.39, 0.29) is 22.0 Å². The van der Waals surface area contributed by atoms with Crippen LogP contribution in [0.4, 0.5) is 20.3 Å². The summed E-state index contributed by atoms with van der Waals surface area (Å²) >= 11 is 0. The minimum absolute atomic E-state index is 0.0591. The lowest BCUT2D eigenvalue weighted by atomic mass is 10.2. The highest BCUT2D eigenvalue weighted by molar-refractivity contribution is 7.92. The molecule has 0 saturated heterocycles. The van der Waals surface area contributed by atoms with Crippen LogP contribution in [-0.2, 0) is 10.0 Å². The molecular weight excluding hydrogens is 380 g/mol. The van der Waals surface area contributed by atoms with Crippen LogP contribution in [0.5, 0.6) is 0 Å². The molecule has 0 fully saturated rings. The molecule has 1 aromatic heterocycles. The summed E-state index contributed by atoms with van der Waals surface area (Å²) in [4.78, 5) is 12.0. The Morgan fingerprint density at radius 1 is 1.07 bits per heavy atom. The second-order valence-electron chi connectivity index (χ2n) is 5.54. The molecule has 0 radical (unpaired) electrons. The lowest BCUT2D eigenvalue weighted by molar-refractivity contribution is 0.102. The zero-order valence-corrected chi connectivity index (χ0v) is 14.7. The van der Waals surface area contributed by atoms with Gasteiger partial charge in [-0.1, -0.05) is 11.2 Å². The third kappa shape index (κ3) is 4.29. The van der Waals surface area contributed by atoms with Gasteiger partial charge in [0.2, 0.25) is 0 Å². The van der Waals surface area contributed by atoms with Crippen LogP contribution in [0.3, 0.4) is 0 Å². The topological polar surface area (TPSA) is 101 Å². The molecular formula is C17H13F2N3O4S. The van der Waals surface area contributed by atoms with Crippen LogP contribution in [-0.4, -0.2) is 19.5 Å². The number of carbonyl (C=O) groups excluding carboxylic acids is 1. The van der Waals surface area contributed by atoms with Crippen molar-refractivity contribution in [1.29, 1.82) is 0 Å². The Hall–Kier alpha value is -3.27. The molecule has 140 valence electrons. The van der Waals surface area contributed by atoms with Gasteiger partial charge in [0.15, 0.2) is 17.5 Å². The number of benzene rings is 2. The molecule has 0 unspecified atom stereocenters. The van der Waals surface area contributed by atoms with Crippen molar-refractivity contribution in [3.8, 4) is 0 Å². The molecule has 10 heteroatoms. The minimum Gasteiger partial charge on any atom is -0.360 e. The van der Waals surface area contributed by atoms with Crippen molar-refractivity contribution in [3.05, 3.63) is 71.5 Å². The summed E-state index contributed by atoms with van der Waals surface area (Å²) < 4.78 is 58.1. The molecule has 3 rings (SSSR count). The first-order valence-corrected chi connectivity index (χ1v) is 9.05. The van der Waals surface area contributed by atoms with Crippen LogP contribution < -0.4 is 10.0 Å². The summed E-state index contributed by atoms with van der Waals surface area (Å²) in [7, 11) is -4.12. The average molecular weight is 393 g/mol. The number of halogens is 2. The average Bonchev–Trinajstić information content (AvgIpc) is 3.03. The van der Waals surface area contributed by atoms with Crippen molar-refractivity contribution in [1.82, 2.24) is 5.16 Å². The predicted octanol–water partition coefficient (Wildman–Crippen LogP) is 3.31. The van der Waals surface area contributed by atoms with Crippen molar-refractivity contribution < 1.29 is 26.5 Å². The molecule has 0 bridgehead atoms. The van der Waals surface area contributed by atoms with Crippen LogP contribution in [0.2, 0.25) is 0 Å². The van der Waals surface area contributed by atoms with Gasteiger partial charge in [0, 0.05) is 17.7 Å². The SMILES string of the molecule is Cc1cc(NC(=O)c2cccc(S(=O)(=O)Nc3ccc(F)c(F)c3)c2)no1. The van der Waals surface area contributed by atoms with Gasteiger partial charge in [0.1, 0.15) is 5.76 Å². The van der Waals surface area contributed by atoms with Crippen molar-refractivity contribution in [3.63, 3.8) is 0 Å². The van der Waals surface area contributed by atoms with Crippen molar-refractivity contribution in [2.24, 2.45) is 0 Å². The fraction of sp³-hybridized carbons (Fsp3) is 0.0588. The molecule has 0 aliphatic heterocycles. The molecule has 0 atom stereocenters. The van der Waals surface area contributed by atoms with Gasteiger partial charge in [-0.25, -0.2) is 17.2 Å². The fourth-order valence-electron chi connectivity index (χ4n) is 2.19. The van der Waals surface area contributed by atoms with Gasteiger partial charge in [-0.2, -0.15) is 0 Å². The number of hydrogen-bond acceptors (Lipinski definition) is 5. The summed E-state index contributed by atoms with van der Waals surface area (Å²) in [6.07, 6.45) is 0. The smallest absolute Gasteiger partial charge is 0.261 e. The first-order valence-electron chi connectivity index (χ1n) is 7.57. The third-order valence-corrected chi connectivity index (χ3v) is 4.83.